The van der Waals surface area contributed by atoms with Crippen LogP contribution in [-0.4, -0.2) is 12.9 Å². The van der Waals surface area contributed by atoms with Crippen LogP contribution in [0.25, 0.3) is 0 Å². The lowest BCUT2D eigenvalue weighted by Gasteiger charge is -2.12. The van der Waals surface area contributed by atoms with Crippen LogP contribution in [0.5, 0.6) is 5.75 Å². The lowest BCUT2D eigenvalue weighted by Crippen LogP contribution is -1.99. The Hall–Kier alpha value is -1.31. The first kappa shape index (κ1) is 11.2. The summed E-state index contributed by atoms with van der Waals surface area (Å²) in [5.41, 5.74) is 2.03. The van der Waals surface area contributed by atoms with Crippen LogP contribution in [0.4, 0.5) is 0 Å². The molecule has 0 bridgehead atoms. The Labute approximate surface area is 96.6 Å². The van der Waals surface area contributed by atoms with Gasteiger partial charge >= 0.3 is 0 Å². The highest BCUT2D eigenvalue weighted by Crippen LogP contribution is 2.36. The molecular formula is C14H18O2. The van der Waals surface area contributed by atoms with Gasteiger partial charge in [-0.15, -0.1) is 0 Å². The van der Waals surface area contributed by atoms with Crippen LogP contribution >= 0.6 is 0 Å². The van der Waals surface area contributed by atoms with Gasteiger partial charge in [0, 0.05) is 5.56 Å². The van der Waals surface area contributed by atoms with E-state index in [2.05, 4.69) is 6.07 Å². The van der Waals surface area contributed by atoms with Gasteiger partial charge in [0.15, 0.2) is 5.78 Å². The predicted molar refractivity (Wildman–Crippen MR) is 64.2 cm³/mol. The van der Waals surface area contributed by atoms with Gasteiger partial charge in [0.25, 0.3) is 0 Å². The van der Waals surface area contributed by atoms with Crippen molar-refractivity contribution in [2.45, 2.75) is 38.5 Å². The molecule has 0 aliphatic heterocycles. The molecule has 0 radical (unpaired) electrons. The molecule has 0 N–H and O–H groups in total. The van der Waals surface area contributed by atoms with Crippen LogP contribution in [0.3, 0.4) is 0 Å². The molecule has 16 heavy (non-hydrogen) atoms. The van der Waals surface area contributed by atoms with Crippen molar-refractivity contribution in [3.8, 4) is 5.75 Å². The summed E-state index contributed by atoms with van der Waals surface area (Å²) < 4.78 is 5.25. The molecule has 0 aromatic heterocycles. The van der Waals surface area contributed by atoms with Gasteiger partial charge in [-0.3, -0.25) is 4.79 Å². The number of Topliss-reactive ketones (excluding diaryl/α,β-unsaturated/α-hetero) is 1. The lowest BCUT2D eigenvalue weighted by atomic mass is 9.95. The molecule has 1 aromatic carbocycles. The molecule has 1 saturated carbocycles. The molecule has 2 rings (SSSR count). The quantitative estimate of drug-likeness (QED) is 0.725. The molecule has 1 aliphatic rings. The SMILES string of the molecule is COc1cc(C(C)=O)cc(C2CCCC2)c1. The van der Waals surface area contributed by atoms with E-state index in [-0.39, 0.29) is 5.78 Å². The molecule has 1 aromatic rings. The molecule has 0 heterocycles. The zero-order valence-corrected chi connectivity index (χ0v) is 9.95. The monoisotopic (exact) mass is 218 g/mol. The molecule has 86 valence electrons. The van der Waals surface area contributed by atoms with E-state index in [9.17, 15) is 4.79 Å². The van der Waals surface area contributed by atoms with Crippen LogP contribution in [0, 0.1) is 0 Å². The number of rotatable bonds is 3. The smallest absolute Gasteiger partial charge is 0.159 e. The Balaban J connectivity index is 2.35. The number of benzene rings is 1. The van der Waals surface area contributed by atoms with Crippen LogP contribution in [0.1, 0.15) is 54.4 Å². The normalized spacial score (nSPS) is 16.4. The van der Waals surface area contributed by atoms with Crippen LogP contribution in [0.15, 0.2) is 18.2 Å². The fourth-order valence-electron chi connectivity index (χ4n) is 2.44. The highest BCUT2D eigenvalue weighted by Gasteiger charge is 2.18. The molecule has 0 spiro atoms. The maximum absolute atomic E-state index is 11.4. The molecule has 1 fully saturated rings. The summed E-state index contributed by atoms with van der Waals surface area (Å²) >= 11 is 0. The second kappa shape index (κ2) is 4.69. The van der Waals surface area contributed by atoms with Crippen molar-refractivity contribution in [3.63, 3.8) is 0 Å². The van der Waals surface area contributed by atoms with Gasteiger partial charge in [-0.2, -0.15) is 0 Å². The maximum Gasteiger partial charge on any atom is 0.159 e. The number of carbonyl (C=O) groups is 1. The van der Waals surface area contributed by atoms with Gasteiger partial charge in [-0.05, 0) is 49.4 Å². The Bertz CT molecular complexity index is 390. The molecule has 0 amide bonds. The Kier molecular flexibility index (Phi) is 3.28. The topological polar surface area (TPSA) is 26.3 Å². The molecule has 2 heteroatoms. The molecule has 0 unspecified atom stereocenters. The summed E-state index contributed by atoms with van der Waals surface area (Å²) in [4.78, 5) is 11.4. The number of ether oxygens (including phenoxy) is 1. The Morgan fingerprint density at radius 2 is 1.94 bits per heavy atom. The Morgan fingerprint density at radius 3 is 2.50 bits per heavy atom. The zero-order chi connectivity index (χ0) is 11.5. The average molecular weight is 218 g/mol. The van der Waals surface area contributed by atoms with E-state index in [0.717, 1.165) is 11.3 Å². The van der Waals surface area contributed by atoms with E-state index < -0.39 is 0 Å². The lowest BCUT2D eigenvalue weighted by molar-refractivity contribution is 0.101. The first-order valence-electron chi connectivity index (χ1n) is 5.90. The second-order valence-corrected chi connectivity index (χ2v) is 4.53. The fourth-order valence-corrected chi connectivity index (χ4v) is 2.44. The minimum absolute atomic E-state index is 0.109. The van der Waals surface area contributed by atoms with Crippen molar-refractivity contribution in [2.75, 3.05) is 7.11 Å². The van der Waals surface area contributed by atoms with Crippen LogP contribution in [0.2, 0.25) is 0 Å². The van der Waals surface area contributed by atoms with Gasteiger partial charge in [0.2, 0.25) is 0 Å². The van der Waals surface area contributed by atoms with E-state index in [1.165, 1.54) is 31.2 Å². The number of hydrogen-bond acceptors (Lipinski definition) is 2. The summed E-state index contributed by atoms with van der Waals surface area (Å²) in [6.45, 7) is 1.60. The summed E-state index contributed by atoms with van der Waals surface area (Å²) in [7, 11) is 1.65. The van der Waals surface area contributed by atoms with Crippen LogP contribution < -0.4 is 4.74 Å². The van der Waals surface area contributed by atoms with Crippen molar-refractivity contribution in [1.29, 1.82) is 0 Å². The summed E-state index contributed by atoms with van der Waals surface area (Å²) in [6, 6.07) is 5.92. The highest BCUT2D eigenvalue weighted by atomic mass is 16.5. The standard InChI is InChI=1S/C14H18O2/c1-10(15)12-7-13(9-14(8-12)16-2)11-5-3-4-6-11/h7-9,11H,3-6H2,1-2H3. The molecule has 0 atom stereocenters. The van der Waals surface area contributed by atoms with Crippen molar-refractivity contribution >= 4 is 5.78 Å². The summed E-state index contributed by atoms with van der Waals surface area (Å²) in [5.74, 6) is 1.53. The number of ketones is 1. The highest BCUT2D eigenvalue weighted by molar-refractivity contribution is 5.94. The first-order valence-corrected chi connectivity index (χ1v) is 5.90. The van der Waals surface area contributed by atoms with Crippen LogP contribution in [-0.2, 0) is 0 Å². The second-order valence-electron chi connectivity index (χ2n) is 4.53. The maximum atomic E-state index is 11.4. The number of methoxy groups -OCH3 is 1. The Morgan fingerprint density at radius 1 is 1.25 bits per heavy atom. The van der Waals surface area contributed by atoms with Crippen molar-refractivity contribution in [2.24, 2.45) is 0 Å². The van der Waals surface area contributed by atoms with E-state index in [1.54, 1.807) is 14.0 Å². The predicted octanol–water partition coefficient (Wildman–Crippen LogP) is 3.56. The third-order valence-electron chi connectivity index (χ3n) is 3.40. The molecule has 1 aliphatic carbocycles. The van der Waals surface area contributed by atoms with E-state index >= 15 is 0 Å². The summed E-state index contributed by atoms with van der Waals surface area (Å²) in [5, 5.41) is 0. The van der Waals surface area contributed by atoms with Gasteiger partial charge < -0.3 is 4.74 Å². The third-order valence-corrected chi connectivity index (χ3v) is 3.40. The van der Waals surface area contributed by atoms with Crippen molar-refractivity contribution < 1.29 is 9.53 Å². The largest absolute Gasteiger partial charge is 0.497 e. The number of carbonyl (C=O) groups excluding carboxylic acids is 1. The van der Waals surface area contributed by atoms with E-state index in [0.29, 0.717) is 5.92 Å². The van der Waals surface area contributed by atoms with E-state index in [4.69, 9.17) is 4.74 Å². The van der Waals surface area contributed by atoms with Crippen molar-refractivity contribution in [1.82, 2.24) is 0 Å². The number of hydrogen-bond donors (Lipinski definition) is 0. The zero-order valence-electron chi connectivity index (χ0n) is 9.95. The summed E-state index contributed by atoms with van der Waals surface area (Å²) in [6.07, 6.45) is 5.09. The molecule has 0 saturated heterocycles. The van der Waals surface area contributed by atoms with Gasteiger partial charge in [0.1, 0.15) is 5.75 Å². The van der Waals surface area contributed by atoms with Gasteiger partial charge in [-0.25, -0.2) is 0 Å². The third kappa shape index (κ3) is 2.26. The van der Waals surface area contributed by atoms with Gasteiger partial charge in [0.05, 0.1) is 7.11 Å². The minimum Gasteiger partial charge on any atom is -0.497 e. The van der Waals surface area contributed by atoms with Crippen molar-refractivity contribution in [3.05, 3.63) is 29.3 Å². The average Bonchev–Trinajstić information content (AvgIpc) is 2.81. The molecular weight excluding hydrogens is 200 g/mol. The fraction of sp³-hybridized carbons (Fsp3) is 0.500. The van der Waals surface area contributed by atoms with E-state index in [1.807, 2.05) is 12.1 Å². The first-order chi connectivity index (χ1) is 7.70. The van der Waals surface area contributed by atoms with Gasteiger partial charge in [-0.1, -0.05) is 12.8 Å². The molecule has 2 nitrogen and oxygen atoms in total. The minimum atomic E-state index is 0.109.